The van der Waals surface area contributed by atoms with Gasteiger partial charge in [0.1, 0.15) is 11.6 Å². The standard InChI is InChI=1S/C16H25FN2O/c1-5-13-9-18-14(11(2)3)10-19(13)15-7-6-12(17)8-16(15)20-4/h6-8,11,13-14,18H,5,9-10H2,1-4H3. The van der Waals surface area contributed by atoms with E-state index in [1.165, 1.54) is 12.1 Å². The molecule has 0 spiro atoms. The predicted octanol–water partition coefficient (Wildman–Crippen LogP) is 3.05. The molecule has 1 aromatic carbocycles. The van der Waals surface area contributed by atoms with Crippen molar-refractivity contribution in [2.24, 2.45) is 5.92 Å². The van der Waals surface area contributed by atoms with Crippen LogP contribution in [0.15, 0.2) is 18.2 Å². The topological polar surface area (TPSA) is 24.5 Å². The molecule has 4 heteroatoms. The van der Waals surface area contributed by atoms with E-state index in [9.17, 15) is 4.39 Å². The zero-order valence-corrected chi connectivity index (χ0v) is 12.8. The molecule has 2 unspecified atom stereocenters. The summed E-state index contributed by atoms with van der Waals surface area (Å²) in [5.74, 6) is 0.934. The second-order valence-electron chi connectivity index (χ2n) is 5.79. The van der Waals surface area contributed by atoms with Gasteiger partial charge in [0.05, 0.1) is 12.8 Å². The van der Waals surface area contributed by atoms with Crippen LogP contribution in [0.4, 0.5) is 10.1 Å². The minimum absolute atomic E-state index is 0.255. The first-order valence-electron chi connectivity index (χ1n) is 7.40. The van der Waals surface area contributed by atoms with Crippen LogP contribution in [-0.2, 0) is 0 Å². The highest BCUT2D eigenvalue weighted by Crippen LogP contribution is 2.32. The van der Waals surface area contributed by atoms with Crippen LogP contribution < -0.4 is 15.0 Å². The Balaban J connectivity index is 2.31. The maximum atomic E-state index is 13.4. The van der Waals surface area contributed by atoms with Gasteiger partial charge in [-0.25, -0.2) is 4.39 Å². The van der Waals surface area contributed by atoms with Crippen LogP contribution in [0.25, 0.3) is 0 Å². The van der Waals surface area contributed by atoms with E-state index in [0.717, 1.165) is 25.2 Å². The van der Waals surface area contributed by atoms with E-state index in [1.807, 2.05) is 6.07 Å². The molecule has 0 amide bonds. The Kier molecular flexibility index (Phi) is 4.86. The number of ether oxygens (including phenoxy) is 1. The van der Waals surface area contributed by atoms with Gasteiger partial charge in [0.15, 0.2) is 0 Å². The number of nitrogens with zero attached hydrogens (tertiary/aromatic N) is 1. The second-order valence-corrected chi connectivity index (χ2v) is 5.79. The Labute approximate surface area is 121 Å². The highest BCUT2D eigenvalue weighted by Gasteiger charge is 2.30. The molecular formula is C16H25FN2O. The Bertz CT molecular complexity index is 450. The van der Waals surface area contributed by atoms with Crippen molar-refractivity contribution in [2.75, 3.05) is 25.1 Å². The van der Waals surface area contributed by atoms with Crippen molar-refractivity contribution < 1.29 is 9.13 Å². The van der Waals surface area contributed by atoms with Crippen molar-refractivity contribution >= 4 is 5.69 Å². The number of hydrogen-bond donors (Lipinski definition) is 1. The lowest BCUT2D eigenvalue weighted by Gasteiger charge is -2.43. The molecule has 1 N–H and O–H groups in total. The van der Waals surface area contributed by atoms with Gasteiger partial charge >= 0.3 is 0 Å². The van der Waals surface area contributed by atoms with Crippen LogP contribution >= 0.6 is 0 Å². The molecule has 1 saturated heterocycles. The lowest BCUT2D eigenvalue weighted by atomic mass is 9.97. The van der Waals surface area contributed by atoms with Gasteiger partial charge in [-0.1, -0.05) is 20.8 Å². The maximum Gasteiger partial charge on any atom is 0.145 e. The minimum atomic E-state index is -0.255. The largest absolute Gasteiger partial charge is 0.494 e. The average molecular weight is 280 g/mol. The van der Waals surface area contributed by atoms with Crippen molar-refractivity contribution in [1.82, 2.24) is 5.32 Å². The lowest BCUT2D eigenvalue weighted by molar-refractivity contribution is 0.321. The van der Waals surface area contributed by atoms with Crippen molar-refractivity contribution in [3.63, 3.8) is 0 Å². The molecule has 1 aliphatic rings. The van der Waals surface area contributed by atoms with Gasteiger partial charge in [0.25, 0.3) is 0 Å². The molecule has 3 nitrogen and oxygen atoms in total. The van der Waals surface area contributed by atoms with Gasteiger partial charge in [0.2, 0.25) is 0 Å². The summed E-state index contributed by atoms with van der Waals surface area (Å²) in [5.41, 5.74) is 0.993. The molecular weight excluding hydrogens is 255 g/mol. The molecule has 2 atom stereocenters. The first kappa shape index (κ1) is 15.1. The third-order valence-corrected chi connectivity index (χ3v) is 4.18. The molecule has 1 aromatic rings. The van der Waals surface area contributed by atoms with Gasteiger partial charge in [-0.05, 0) is 24.5 Å². The normalized spacial score (nSPS) is 23.2. The van der Waals surface area contributed by atoms with E-state index in [4.69, 9.17) is 4.74 Å². The van der Waals surface area contributed by atoms with Crippen LogP contribution in [0.1, 0.15) is 27.2 Å². The molecule has 1 fully saturated rings. The minimum Gasteiger partial charge on any atom is -0.494 e. The fourth-order valence-corrected chi connectivity index (χ4v) is 2.82. The van der Waals surface area contributed by atoms with Gasteiger partial charge in [-0.3, -0.25) is 0 Å². The number of rotatable bonds is 4. The highest BCUT2D eigenvalue weighted by atomic mass is 19.1. The van der Waals surface area contributed by atoms with E-state index in [2.05, 4.69) is 31.0 Å². The summed E-state index contributed by atoms with van der Waals surface area (Å²) in [5, 5.41) is 3.61. The third-order valence-electron chi connectivity index (χ3n) is 4.18. The smallest absolute Gasteiger partial charge is 0.145 e. The summed E-state index contributed by atoms with van der Waals surface area (Å²) in [6.07, 6.45) is 1.05. The summed E-state index contributed by atoms with van der Waals surface area (Å²) in [4.78, 5) is 2.36. The van der Waals surface area contributed by atoms with Crippen LogP contribution in [0.3, 0.4) is 0 Å². The van der Waals surface area contributed by atoms with Gasteiger partial charge in [-0.15, -0.1) is 0 Å². The van der Waals surface area contributed by atoms with Crippen LogP contribution in [-0.4, -0.2) is 32.3 Å². The Morgan fingerprint density at radius 2 is 2.20 bits per heavy atom. The molecule has 1 heterocycles. The van der Waals surface area contributed by atoms with Crippen LogP contribution in [0.2, 0.25) is 0 Å². The molecule has 0 aromatic heterocycles. The molecule has 1 aliphatic heterocycles. The summed E-state index contributed by atoms with van der Waals surface area (Å²) in [6.45, 7) is 8.52. The highest BCUT2D eigenvalue weighted by molar-refractivity contribution is 5.60. The molecule has 0 saturated carbocycles. The van der Waals surface area contributed by atoms with Crippen LogP contribution in [0.5, 0.6) is 5.75 Å². The first-order chi connectivity index (χ1) is 9.56. The fourth-order valence-electron chi connectivity index (χ4n) is 2.82. The summed E-state index contributed by atoms with van der Waals surface area (Å²) >= 11 is 0. The van der Waals surface area contributed by atoms with Gasteiger partial charge in [0, 0.05) is 31.2 Å². The predicted molar refractivity (Wildman–Crippen MR) is 81.0 cm³/mol. The summed E-state index contributed by atoms with van der Waals surface area (Å²) in [7, 11) is 1.60. The van der Waals surface area contributed by atoms with Crippen LogP contribution in [0, 0.1) is 11.7 Å². The maximum absolute atomic E-state index is 13.4. The van der Waals surface area contributed by atoms with Crippen molar-refractivity contribution in [2.45, 2.75) is 39.3 Å². The van der Waals surface area contributed by atoms with Gasteiger partial charge in [-0.2, -0.15) is 0 Å². The summed E-state index contributed by atoms with van der Waals surface area (Å²) < 4.78 is 18.7. The zero-order chi connectivity index (χ0) is 14.7. The molecule has 0 aliphatic carbocycles. The van der Waals surface area contributed by atoms with E-state index in [-0.39, 0.29) is 5.82 Å². The molecule has 0 radical (unpaired) electrons. The van der Waals surface area contributed by atoms with E-state index in [0.29, 0.717) is 23.8 Å². The first-order valence-corrected chi connectivity index (χ1v) is 7.40. The third kappa shape index (κ3) is 3.06. The Hall–Kier alpha value is -1.29. The number of piperazine rings is 1. The molecule has 112 valence electrons. The fraction of sp³-hybridized carbons (Fsp3) is 0.625. The molecule has 0 bridgehead atoms. The van der Waals surface area contributed by atoms with E-state index in [1.54, 1.807) is 7.11 Å². The van der Waals surface area contributed by atoms with Crippen molar-refractivity contribution in [3.05, 3.63) is 24.0 Å². The van der Waals surface area contributed by atoms with Crippen molar-refractivity contribution in [3.8, 4) is 5.75 Å². The quantitative estimate of drug-likeness (QED) is 0.917. The number of nitrogens with one attached hydrogen (secondary N) is 1. The molecule has 2 rings (SSSR count). The number of benzene rings is 1. The second kappa shape index (κ2) is 6.44. The van der Waals surface area contributed by atoms with E-state index >= 15 is 0 Å². The number of hydrogen-bond acceptors (Lipinski definition) is 3. The number of halogens is 1. The number of methoxy groups -OCH3 is 1. The average Bonchev–Trinajstić information content (AvgIpc) is 2.46. The lowest BCUT2D eigenvalue weighted by Crippen LogP contribution is -2.58. The van der Waals surface area contributed by atoms with Crippen molar-refractivity contribution in [1.29, 1.82) is 0 Å². The summed E-state index contributed by atoms with van der Waals surface area (Å²) in [6, 6.07) is 5.68. The monoisotopic (exact) mass is 280 g/mol. The zero-order valence-electron chi connectivity index (χ0n) is 12.8. The molecule has 20 heavy (non-hydrogen) atoms. The SMILES string of the molecule is CCC1CNC(C(C)C)CN1c1ccc(F)cc1OC. The Morgan fingerprint density at radius 1 is 1.45 bits per heavy atom. The number of anilines is 1. The van der Waals surface area contributed by atoms with Gasteiger partial charge < -0.3 is 15.0 Å². The Morgan fingerprint density at radius 3 is 2.80 bits per heavy atom. The van der Waals surface area contributed by atoms with E-state index < -0.39 is 0 Å².